The predicted octanol–water partition coefficient (Wildman–Crippen LogP) is -3.08. The first-order chi connectivity index (χ1) is 5.11. The molecule has 12 heavy (non-hydrogen) atoms. The Hall–Kier alpha value is -0.850. The Morgan fingerprint density at radius 1 is 1.42 bits per heavy atom. The van der Waals surface area contributed by atoms with E-state index in [9.17, 15) is 9.59 Å². The number of hydrogen-bond acceptors (Lipinski definition) is 3. The van der Waals surface area contributed by atoms with E-state index in [0.717, 1.165) is 6.07 Å². The topological polar surface area (TPSA) is 103 Å². The Morgan fingerprint density at radius 3 is 2.25 bits per heavy atom. The summed E-state index contributed by atoms with van der Waals surface area (Å²) in [6, 6.07) is 0.949. The molecule has 0 unspecified atom stereocenters. The summed E-state index contributed by atoms with van der Waals surface area (Å²) in [4.78, 5) is 20.3. The maximum atomic E-state index is 10.2. The van der Waals surface area contributed by atoms with Crippen LogP contribution in [0.25, 0.3) is 0 Å². The van der Waals surface area contributed by atoms with Crippen molar-refractivity contribution in [1.29, 1.82) is 0 Å². The standard InChI is InChI=1S/C5H4N2O4.Na.H/c8-4(9)2-1-3(5(10)11)7-6-2;;/h1H,(H,6,7)(H,8,9)(H,10,11);;/q;+1;-1. The van der Waals surface area contributed by atoms with E-state index in [2.05, 4.69) is 10.2 Å². The summed E-state index contributed by atoms with van der Waals surface area (Å²) in [5.41, 5.74) is -0.537. The summed E-state index contributed by atoms with van der Waals surface area (Å²) in [5, 5.41) is 21.9. The Kier molecular flexibility index (Phi) is 3.94. The second-order valence-electron chi connectivity index (χ2n) is 1.78. The molecule has 0 spiro atoms. The largest absolute Gasteiger partial charge is 1.00 e. The molecule has 0 saturated heterocycles. The molecule has 1 aromatic rings. The van der Waals surface area contributed by atoms with Gasteiger partial charge in [0.25, 0.3) is 0 Å². The molecule has 0 fully saturated rings. The van der Waals surface area contributed by atoms with Gasteiger partial charge < -0.3 is 11.6 Å². The molecule has 0 aromatic carbocycles. The van der Waals surface area contributed by atoms with Gasteiger partial charge in [0.2, 0.25) is 0 Å². The summed E-state index contributed by atoms with van der Waals surface area (Å²) in [6.07, 6.45) is 0. The van der Waals surface area contributed by atoms with Gasteiger partial charge in [-0.25, -0.2) is 9.59 Å². The van der Waals surface area contributed by atoms with Crippen LogP contribution in [0.4, 0.5) is 0 Å². The van der Waals surface area contributed by atoms with Gasteiger partial charge in [-0.05, 0) is 0 Å². The maximum absolute atomic E-state index is 10.2. The third kappa shape index (κ3) is 2.33. The number of nitrogens with zero attached hydrogens (tertiary/aromatic N) is 1. The number of H-pyrrole nitrogens is 1. The molecule has 0 aliphatic carbocycles. The maximum Gasteiger partial charge on any atom is 1.00 e. The molecule has 3 N–H and O–H groups in total. The second-order valence-corrected chi connectivity index (χ2v) is 1.78. The average molecular weight is 180 g/mol. The van der Waals surface area contributed by atoms with Gasteiger partial charge in [0.05, 0.1) is 0 Å². The Balaban J connectivity index is 0. The number of rotatable bonds is 2. The van der Waals surface area contributed by atoms with Crippen molar-refractivity contribution in [2.24, 2.45) is 0 Å². The van der Waals surface area contributed by atoms with E-state index < -0.39 is 11.9 Å². The van der Waals surface area contributed by atoms with Gasteiger partial charge >= 0.3 is 41.5 Å². The van der Waals surface area contributed by atoms with E-state index >= 15 is 0 Å². The molecule has 1 rings (SSSR count). The molecular formula is C5H5N2NaO4. The van der Waals surface area contributed by atoms with Crippen molar-refractivity contribution >= 4 is 11.9 Å². The molecule has 0 saturated carbocycles. The normalized spacial score (nSPS) is 8.67. The fourth-order valence-electron chi connectivity index (χ4n) is 0.541. The zero-order valence-corrected chi connectivity index (χ0v) is 8.24. The Morgan fingerprint density at radius 2 is 2.00 bits per heavy atom. The smallest absolute Gasteiger partial charge is 1.00 e. The minimum absolute atomic E-state index is 0. The summed E-state index contributed by atoms with van der Waals surface area (Å²) in [6.45, 7) is 0. The van der Waals surface area contributed by atoms with Crippen LogP contribution in [0.15, 0.2) is 6.07 Å². The molecule has 0 amide bonds. The first-order valence-corrected chi connectivity index (χ1v) is 2.63. The molecule has 0 aliphatic heterocycles. The number of nitrogens with one attached hydrogen (secondary N) is 1. The van der Waals surface area contributed by atoms with Crippen LogP contribution in [0.1, 0.15) is 22.4 Å². The summed E-state index contributed by atoms with van der Waals surface area (Å²) in [5.74, 6) is -2.49. The number of aromatic carboxylic acids is 2. The number of carboxylic acid groups (broad SMARTS) is 2. The van der Waals surface area contributed by atoms with Crippen molar-refractivity contribution in [2.75, 3.05) is 0 Å². The van der Waals surface area contributed by atoms with Gasteiger partial charge in [-0.1, -0.05) is 0 Å². The van der Waals surface area contributed by atoms with Crippen LogP contribution >= 0.6 is 0 Å². The minimum Gasteiger partial charge on any atom is -1.00 e. The SMILES string of the molecule is O=C(O)c1cc(C(=O)O)[nH]n1.[H-].[Na+]. The molecule has 0 atom stereocenters. The number of carboxylic acids is 2. The zero-order valence-electron chi connectivity index (χ0n) is 7.24. The van der Waals surface area contributed by atoms with Gasteiger partial charge in [0.1, 0.15) is 5.69 Å². The first kappa shape index (κ1) is 11.2. The predicted molar refractivity (Wildman–Crippen MR) is 33.6 cm³/mol. The third-order valence-electron chi connectivity index (χ3n) is 1.03. The molecule has 7 heteroatoms. The van der Waals surface area contributed by atoms with E-state index in [0.29, 0.717) is 0 Å². The number of carbonyl (C=O) groups is 2. The van der Waals surface area contributed by atoms with E-state index in [4.69, 9.17) is 10.2 Å². The average Bonchev–Trinajstić information content (AvgIpc) is 2.33. The molecule has 6 nitrogen and oxygen atoms in total. The van der Waals surface area contributed by atoms with Crippen LogP contribution < -0.4 is 29.6 Å². The zero-order chi connectivity index (χ0) is 8.43. The van der Waals surface area contributed by atoms with Crippen LogP contribution in [-0.2, 0) is 0 Å². The van der Waals surface area contributed by atoms with Crippen molar-refractivity contribution in [3.8, 4) is 0 Å². The van der Waals surface area contributed by atoms with Crippen molar-refractivity contribution < 1.29 is 50.8 Å². The van der Waals surface area contributed by atoms with Crippen LogP contribution in [-0.4, -0.2) is 32.3 Å². The second kappa shape index (κ2) is 4.24. The molecule has 60 valence electrons. The summed E-state index contributed by atoms with van der Waals surface area (Å²) in [7, 11) is 0. The van der Waals surface area contributed by atoms with Gasteiger partial charge in [-0.3, -0.25) is 5.10 Å². The Bertz CT molecular complexity index is 285. The van der Waals surface area contributed by atoms with Crippen LogP contribution in [0.5, 0.6) is 0 Å². The molecule has 1 aromatic heterocycles. The van der Waals surface area contributed by atoms with Crippen molar-refractivity contribution in [1.82, 2.24) is 10.2 Å². The number of aromatic nitrogens is 2. The third-order valence-corrected chi connectivity index (χ3v) is 1.03. The van der Waals surface area contributed by atoms with Crippen LogP contribution in [0, 0.1) is 0 Å². The fraction of sp³-hybridized carbons (Fsp3) is 0. The molecule has 0 bridgehead atoms. The van der Waals surface area contributed by atoms with Gasteiger partial charge in [0.15, 0.2) is 5.69 Å². The van der Waals surface area contributed by atoms with Crippen LogP contribution in [0.2, 0.25) is 0 Å². The first-order valence-electron chi connectivity index (χ1n) is 2.63. The molecule has 0 aliphatic rings. The number of hydrogen-bond donors (Lipinski definition) is 3. The summed E-state index contributed by atoms with van der Waals surface area (Å²) >= 11 is 0. The van der Waals surface area contributed by atoms with Crippen molar-refractivity contribution in [3.05, 3.63) is 17.5 Å². The summed E-state index contributed by atoms with van der Waals surface area (Å²) < 4.78 is 0. The van der Waals surface area contributed by atoms with Gasteiger partial charge in [-0.15, -0.1) is 0 Å². The van der Waals surface area contributed by atoms with E-state index in [1.165, 1.54) is 0 Å². The van der Waals surface area contributed by atoms with E-state index in [-0.39, 0.29) is 42.4 Å². The monoisotopic (exact) mass is 180 g/mol. The van der Waals surface area contributed by atoms with E-state index in [1.54, 1.807) is 0 Å². The minimum atomic E-state index is -1.26. The molecule has 1 heterocycles. The fourth-order valence-corrected chi connectivity index (χ4v) is 0.541. The van der Waals surface area contributed by atoms with Crippen LogP contribution in [0.3, 0.4) is 0 Å². The van der Waals surface area contributed by atoms with Crippen molar-refractivity contribution in [2.45, 2.75) is 0 Å². The van der Waals surface area contributed by atoms with Gasteiger partial charge in [0, 0.05) is 6.07 Å². The van der Waals surface area contributed by atoms with Crippen molar-refractivity contribution in [3.63, 3.8) is 0 Å². The quantitative estimate of drug-likeness (QED) is 0.419. The van der Waals surface area contributed by atoms with Gasteiger partial charge in [-0.2, -0.15) is 5.10 Å². The molecule has 0 radical (unpaired) electrons. The Labute approximate surface area is 90.4 Å². The number of aromatic amines is 1. The van der Waals surface area contributed by atoms with E-state index in [1.807, 2.05) is 0 Å². The molecular weight excluding hydrogens is 175 g/mol.